The SMILES string of the molecule is CCCn1c(C(C)(C)C(=O)OCC)nc2cc(Br)ccc21. The van der Waals surface area contributed by atoms with E-state index in [9.17, 15) is 4.79 Å². The average molecular weight is 353 g/mol. The van der Waals surface area contributed by atoms with Crippen LogP contribution in [0.4, 0.5) is 0 Å². The van der Waals surface area contributed by atoms with Gasteiger partial charge in [-0.3, -0.25) is 4.79 Å². The Bertz CT molecular complexity index is 662. The van der Waals surface area contributed by atoms with Gasteiger partial charge in [0.1, 0.15) is 11.2 Å². The zero-order valence-electron chi connectivity index (χ0n) is 12.9. The Labute approximate surface area is 133 Å². The normalized spacial score (nSPS) is 11.9. The predicted octanol–water partition coefficient (Wildman–Crippen LogP) is 4.05. The highest BCUT2D eigenvalue weighted by Gasteiger charge is 2.36. The second-order valence-electron chi connectivity index (χ2n) is 5.57. The number of rotatable bonds is 5. The van der Waals surface area contributed by atoms with E-state index in [0.717, 1.165) is 34.3 Å². The van der Waals surface area contributed by atoms with Crippen LogP contribution >= 0.6 is 15.9 Å². The van der Waals surface area contributed by atoms with Crippen molar-refractivity contribution in [3.05, 3.63) is 28.5 Å². The molecule has 0 fully saturated rings. The van der Waals surface area contributed by atoms with E-state index in [1.807, 2.05) is 39.0 Å². The molecule has 0 aliphatic rings. The lowest BCUT2D eigenvalue weighted by Crippen LogP contribution is -2.34. The third kappa shape index (κ3) is 2.98. The zero-order chi connectivity index (χ0) is 15.6. The molecule has 0 atom stereocenters. The molecule has 0 unspecified atom stereocenters. The first-order valence-corrected chi connectivity index (χ1v) is 8.04. The third-order valence-corrected chi connectivity index (χ3v) is 4.00. The second kappa shape index (κ2) is 6.18. The molecule has 0 aliphatic carbocycles. The molecule has 0 spiro atoms. The first-order chi connectivity index (χ1) is 9.91. The fraction of sp³-hybridized carbons (Fsp3) is 0.500. The van der Waals surface area contributed by atoms with E-state index in [-0.39, 0.29) is 5.97 Å². The number of aryl methyl sites for hydroxylation is 1. The van der Waals surface area contributed by atoms with E-state index in [4.69, 9.17) is 9.72 Å². The lowest BCUT2D eigenvalue weighted by molar-refractivity contribution is -0.149. The van der Waals surface area contributed by atoms with Crippen molar-refractivity contribution in [1.29, 1.82) is 0 Å². The summed E-state index contributed by atoms with van der Waals surface area (Å²) in [6.45, 7) is 8.88. The molecule has 21 heavy (non-hydrogen) atoms. The molecule has 2 rings (SSSR count). The highest BCUT2D eigenvalue weighted by Crippen LogP contribution is 2.29. The largest absolute Gasteiger partial charge is 0.465 e. The number of carbonyl (C=O) groups excluding carboxylic acids is 1. The van der Waals surface area contributed by atoms with E-state index in [1.165, 1.54) is 0 Å². The molecule has 0 N–H and O–H groups in total. The Morgan fingerprint density at radius 3 is 2.71 bits per heavy atom. The topological polar surface area (TPSA) is 44.1 Å². The van der Waals surface area contributed by atoms with Crippen molar-refractivity contribution in [3.63, 3.8) is 0 Å². The number of halogens is 1. The molecule has 0 radical (unpaired) electrons. The molecule has 4 nitrogen and oxygen atoms in total. The Kier molecular flexibility index (Phi) is 4.71. The Balaban J connectivity index is 2.61. The van der Waals surface area contributed by atoms with Gasteiger partial charge in [-0.15, -0.1) is 0 Å². The summed E-state index contributed by atoms with van der Waals surface area (Å²) in [5.41, 5.74) is 1.18. The maximum absolute atomic E-state index is 12.3. The maximum Gasteiger partial charge on any atom is 0.319 e. The molecule has 0 aliphatic heterocycles. The first kappa shape index (κ1) is 16.0. The highest BCUT2D eigenvalue weighted by molar-refractivity contribution is 9.10. The van der Waals surface area contributed by atoms with Gasteiger partial charge in [0, 0.05) is 11.0 Å². The fourth-order valence-corrected chi connectivity index (χ4v) is 2.78. The quantitative estimate of drug-likeness (QED) is 0.762. The van der Waals surface area contributed by atoms with Crippen molar-refractivity contribution >= 4 is 32.9 Å². The summed E-state index contributed by atoms with van der Waals surface area (Å²) in [6.07, 6.45) is 0.980. The van der Waals surface area contributed by atoms with Gasteiger partial charge in [0.15, 0.2) is 0 Å². The van der Waals surface area contributed by atoms with Crippen LogP contribution in [0.3, 0.4) is 0 Å². The molecule has 0 bridgehead atoms. The summed E-state index contributed by atoms with van der Waals surface area (Å²) in [5, 5.41) is 0. The Morgan fingerprint density at radius 1 is 1.38 bits per heavy atom. The van der Waals surface area contributed by atoms with Crippen molar-refractivity contribution in [3.8, 4) is 0 Å². The molecule has 1 aromatic carbocycles. The number of aromatic nitrogens is 2. The zero-order valence-corrected chi connectivity index (χ0v) is 14.5. The van der Waals surface area contributed by atoms with Crippen molar-refractivity contribution in [2.45, 2.75) is 46.1 Å². The minimum Gasteiger partial charge on any atom is -0.465 e. The Morgan fingerprint density at radius 2 is 2.10 bits per heavy atom. The molecule has 1 heterocycles. The number of fused-ring (bicyclic) bond motifs is 1. The number of imidazole rings is 1. The molecule has 2 aromatic rings. The van der Waals surface area contributed by atoms with Gasteiger partial charge < -0.3 is 9.30 Å². The number of benzene rings is 1. The van der Waals surface area contributed by atoms with Gasteiger partial charge in [-0.25, -0.2) is 4.98 Å². The second-order valence-corrected chi connectivity index (χ2v) is 6.48. The number of carbonyl (C=O) groups is 1. The Hall–Kier alpha value is -1.36. The van der Waals surface area contributed by atoms with Crippen LogP contribution in [0.1, 0.15) is 39.9 Å². The molecule has 1 aromatic heterocycles. The number of hydrogen-bond donors (Lipinski definition) is 0. The summed E-state index contributed by atoms with van der Waals surface area (Å²) in [7, 11) is 0. The van der Waals surface area contributed by atoms with E-state index < -0.39 is 5.41 Å². The summed E-state index contributed by atoms with van der Waals surface area (Å²) >= 11 is 3.47. The van der Waals surface area contributed by atoms with Crippen LogP contribution in [-0.4, -0.2) is 22.1 Å². The van der Waals surface area contributed by atoms with Crippen LogP contribution in [0.5, 0.6) is 0 Å². The van der Waals surface area contributed by atoms with Crippen LogP contribution in [0, 0.1) is 0 Å². The van der Waals surface area contributed by atoms with Gasteiger partial charge in [-0.05, 0) is 45.4 Å². The number of nitrogens with zero attached hydrogens (tertiary/aromatic N) is 2. The van der Waals surface area contributed by atoms with Gasteiger partial charge in [-0.2, -0.15) is 0 Å². The molecular weight excluding hydrogens is 332 g/mol. The molecule has 114 valence electrons. The van der Waals surface area contributed by atoms with Crippen LogP contribution in [0.25, 0.3) is 11.0 Å². The summed E-state index contributed by atoms with van der Waals surface area (Å²) in [6, 6.07) is 6.01. The molecule has 0 saturated heterocycles. The molecular formula is C16H21BrN2O2. The number of ether oxygens (including phenoxy) is 1. The fourth-order valence-electron chi connectivity index (χ4n) is 2.43. The molecule has 0 amide bonds. The monoisotopic (exact) mass is 352 g/mol. The van der Waals surface area contributed by atoms with Gasteiger partial charge >= 0.3 is 5.97 Å². The van der Waals surface area contributed by atoms with Crippen molar-refractivity contribution in [2.75, 3.05) is 6.61 Å². The highest BCUT2D eigenvalue weighted by atomic mass is 79.9. The third-order valence-electron chi connectivity index (χ3n) is 3.50. The minimum atomic E-state index is -0.767. The van der Waals surface area contributed by atoms with Gasteiger partial charge in [0.05, 0.1) is 17.6 Å². The number of esters is 1. The maximum atomic E-state index is 12.3. The van der Waals surface area contributed by atoms with Crippen LogP contribution in [0.2, 0.25) is 0 Å². The predicted molar refractivity (Wildman–Crippen MR) is 87.4 cm³/mol. The van der Waals surface area contributed by atoms with E-state index in [1.54, 1.807) is 0 Å². The lowest BCUT2D eigenvalue weighted by atomic mass is 9.92. The summed E-state index contributed by atoms with van der Waals surface area (Å²) in [4.78, 5) is 17.0. The van der Waals surface area contributed by atoms with E-state index in [0.29, 0.717) is 6.61 Å². The number of hydrogen-bond acceptors (Lipinski definition) is 3. The summed E-state index contributed by atoms with van der Waals surface area (Å²) < 4.78 is 8.32. The smallest absolute Gasteiger partial charge is 0.319 e. The minimum absolute atomic E-state index is 0.239. The van der Waals surface area contributed by atoms with Crippen molar-refractivity contribution in [2.24, 2.45) is 0 Å². The van der Waals surface area contributed by atoms with Crippen molar-refractivity contribution in [1.82, 2.24) is 9.55 Å². The molecule has 5 heteroatoms. The van der Waals surface area contributed by atoms with Gasteiger partial charge in [0.25, 0.3) is 0 Å². The van der Waals surface area contributed by atoms with E-state index in [2.05, 4.69) is 27.4 Å². The van der Waals surface area contributed by atoms with E-state index >= 15 is 0 Å². The standard InChI is InChI=1S/C16H21BrN2O2/c1-5-9-19-13-8-7-11(17)10-12(13)18-14(19)16(3,4)15(20)21-6-2/h7-8,10H,5-6,9H2,1-4H3. The van der Waals surface area contributed by atoms with Crippen LogP contribution in [-0.2, 0) is 21.5 Å². The first-order valence-electron chi connectivity index (χ1n) is 7.25. The summed E-state index contributed by atoms with van der Waals surface area (Å²) in [5.74, 6) is 0.521. The molecule has 0 saturated carbocycles. The van der Waals surface area contributed by atoms with Gasteiger partial charge in [0.2, 0.25) is 0 Å². The van der Waals surface area contributed by atoms with Crippen LogP contribution < -0.4 is 0 Å². The van der Waals surface area contributed by atoms with Gasteiger partial charge in [-0.1, -0.05) is 22.9 Å². The average Bonchev–Trinajstić information content (AvgIpc) is 2.78. The van der Waals surface area contributed by atoms with Crippen LogP contribution in [0.15, 0.2) is 22.7 Å². The lowest BCUT2D eigenvalue weighted by Gasteiger charge is -2.23. The van der Waals surface area contributed by atoms with Crippen molar-refractivity contribution < 1.29 is 9.53 Å².